The van der Waals surface area contributed by atoms with Gasteiger partial charge in [-0.25, -0.2) is 0 Å². The van der Waals surface area contributed by atoms with Crippen LogP contribution in [0.25, 0.3) is 0 Å². The molecule has 0 saturated heterocycles. The van der Waals surface area contributed by atoms with Gasteiger partial charge in [-0.15, -0.1) is 0 Å². The number of methoxy groups -OCH3 is 1. The van der Waals surface area contributed by atoms with E-state index in [9.17, 15) is 0 Å². The van der Waals surface area contributed by atoms with Gasteiger partial charge in [0.2, 0.25) is 11.7 Å². The van der Waals surface area contributed by atoms with Crippen LogP contribution in [-0.4, -0.2) is 22.8 Å². The molecule has 0 spiro atoms. The van der Waals surface area contributed by atoms with E-state index < -0.39 is 5.54 Å². The van der Waals surface area contributed by atoms with Gasteiger partial charge in [-0.3, -0.25) is 0 Å². The summed E-state index contributed by atoms with van der Waals surface area (Å²) in [4.78, 5) is 4.46. The van der Waals surface area contributed by atoms with Crippen LogP contribution in [0.4, 0.5) is 0 Å². The molecule has 18 heavy (non-hydrogen) atoms. The lowest BCUT2D eigenvalue weighted by Crippen LogP contribution is -2.50. The van der Waals surface area contributed by atoms with E-state index in [1.54, 1.807) is 7.11 Å². The highest BCUT2D eigenvalue weighted by atomic mass is 16.5. The average molecular weight is 255 g/mol. The van der Waals surface area contributed by atoms with Gasteiger partial charge in [-0.1, -0.05) is 18.5 Å². The van der Waals surface area contributed by atoms with Gasteiger partial charge in [-0.2, -0.15) is 4.98 Å². The lowest BCUT2D eigenvalue weighted by atomic mass is 9.75. The average Bonchev–Trinajstić information content (AvgIpc) is 2.73. The third-order valence-electron chi connectivity index (χ3n) is 3.71. The first-order chi connectivity index (χ1) is 8.24. The van der Waals surface area contributed by atoms with Gasteiger partial charge in [0.15, 0.2) is 0 Å². The van der Waals surface area contributed by atoms with E-state index in [0.29, 0.717) is 11.7 Å². The molecule has 0 aromatic carbocycles. The van der Waals surface area contributed by atoms with Crippen molar-refractivity contribution < 1.29 is 9.26 Å². The van der Waals surface area contributed by atoms with E-state index in [1.807, 2.05) is 27.7 Å². The highest BCUT2D eigenvalue weighted by Crippen LogP contribution is 2.32. The van der Waals surface area contributed by atoms with Crippen LogP contribution >= 0.6 is 0 Å². The molecule has 1 aromatic heterocycles. The summed E-state index contributed by atoms with van der Waals surface area (Å²) < 4.78 is 10.7. The molecule has 0 bridgehead atoms. The van der Waals surface area contributed by atoms with Gasteiger partial charge in [-0.05, 0) is 34.1 Å². The summed E-state index contributed by atoms with van der Waals surface area (Å²) in [5.74, 6) is 1.16. The molecule has 2 N–H and O–H groups in total. The Morgan fingerprint density at radius 1 is 1.33 bits per heavy atom. The maximum absolute atomic E-state index is 6.16. The predicted molar refractivity (Wildman–Crippen MR) is 70.2 cm³/mol. The standard InChI is InChI=1S/C13H25N3O2/c1-7-8-9(17-6)10-15-11(18-16-10)12(2,3)13(4,5)14/h9H,7-8,14H2,1-6H3. The maximum Gasteiger partial charge on any atom is 0.234 e. The molecular formula is C13H25N3O2. The fourth-order valence-electron chi connectivity index (χ4n) is 1.51. The molecular weight excluding hydrogens is 230 g/mol. The molecule has 1 heterocycles. The second-order valence-corrected chi connectivity index (χ2v) is 5.82. The smallest absolute Gasteiger partial charge is 0.234 e. The largest absolute Gasteiger partial charge is 0.373 e. The highest BCUT2D eigenvalue weighted by Gasteiger charge is 2.40. The van der Waals surface area contributed by atoms with E-state index >= 15 is 0 Å². The van der Waals surface area contributed by atoms with Crippen molar-refractivity contribution in [3.8, 4) is 0 Å². The van der Waals surface area contributed by atoms with Crippen molar-refractivity contribution in [2.24, 2.45) is 5.73 Å². The normalized spacial score (nSPS) is 14.8. The molecule has 1 atom stereocenters. The van der Waals surface area contributed by atoms with E-state index in [-0.39, 0.29) is 11.5 Å². The Hall–Kier alpha value is -0.940. The van der Waals surface area contributed by atoms with E-state index in [0.717, 1.165) is 12.8 Å². The van der Waals surface area contributed by atoms with Gasteiger partial charge in [0.25, 0.3) is 0 Å². The fraction of sp³-hybridized carbons (Fsp3) is 0.846. The summed E-state index contributed by atoms with van der Waals surface area (Å²) in [6.45, 7) is 10.0. The molecule has 104 valence electrons. The van der Waals surface area contributed by atoms with Crippen molar-refractivity contribution in [1.82, 2.24) is 10.1 Å². The highest BCUT2D eigenvalue weighted by molar-refractivity contribution is 5.11. The summed E-state index contributed by atoms with van der Waals surface area (Å²) in [7, 11) is 1.66. The van der Waals surface area contributed by atoms with E-state index in [1.165, 1.54) is 0 Å². The second kappa shape index (κ2) is 5.36. The lowest BCUT2D eigenvalue weighted by Gasteiger charge is -2.34. The number of nitrogens with zero attached hydrogens (tertiary/aromatic N) is 2. The summed E-state index contributed by atoms with van der Waals surface area (Å²) in [5.41, 5.74) is 5.34. The van der Waals surface area contributed by atoms with Crippen LogP contribution in [-0.2, 0) is 10.2 Å². The van der Waals surface area contributed by atoms with Crippen molar-refractivity contribution in [3.05, 3.63) is 11.7 Å². The molecule has 1 rings (SSSR count). The SMILES string of the molecule is CCCC(OC)c1noc(C(C)(C)C(C)(C)N)n1. The van der Waals surface area contributed by atoms with E-state index in [2.05, 4.69) is 17.1 Å². The monoisotopic (exact) mass is 255 g/mol. The van der Waals surface area contributed by atoms with Crippen molar-refractivity contribution in [2.75, 3.05) is 7.11 Å². The molecule has 0 amide bonds. The molecule has 0 saturated carbocycles. The maximum atomic E-state index is 6.16. The number of hydrogen-bond acceptors (Lipinski definition) is 5. The first kappa shape index (κ1) is 15.1. The van der Waals surface area contributed by atoms with Crippen molar-refractivity contribution >= 4 is 0 Å². The zero-order valence-electron chi connectivity index (χ0n) is 12.3. The summed E-state index contributed by atoms with van der Waals surface area (Å²) in [6.07, 6.45) is 1.78. The zero-order chi connectivity index (χ0) is 14.0. The third kappa shape index (κ3) is 2.90. The number of hydrogen-bond donors (Lipinski definition) is 1. The molecule has 0 aliphatic rings. The molecule has 5 heteroatoms. The van der Waals surface area contributed by atoms with Crippen LogP contribution in [0.5, 0.6) is 0 Å². The molecule has 0 fully saturated rings. The first-order valence-corrected chi connectivity index (χ1v) is 6.39. The van der Waals surface area contributed by atoms with Gasteiger partial charge >= 0.3 is 0 Å². The number of rotatable bonds is 6. The zero-order valence-corrected chi connectivity index (χ0v) is 12.3. The minimum absolute atomic E-state index is 0.107. The van der Waals surface area contributed by atoms with Crippen molar-refractivity contribution in [1.29, 1.82) is 0 Å². The lowest BCUT2D eigenvalue weighted by molar-refractivity contribution is 0.0854. The van der Waals surface area contributed by atoms with Crippen LogP contribution < -0.4 is 5.73 Å². The van der Waals surface area contributed by atoms with Crippen molar-refractivity contribution in [3.63, 3.8) is 0 Å². The molecule has 1 aromatic rings. The predicted octanol–water partition coefficient (Wildman–Crippen LogP) is 2.57. The van der Waals surface area contributed by atoms with Crippen LogP contribution in [0.1, 0.15) is 65.3 Å². The van der Waals surface area contributed by atoms with Gasteiger partial charge in [0.05, 0.1) is 5.41 Å². The number of ether oxygens (including phenoxy) is 1. The molecule has 0 aliphatic carbocycles. The Labute approximate surface area is 109 Å². The van der Waals surface area contributed by atoms with Crippen molar-refractivity contribution in [2.45, 2.75) is 64.5 Å². The Kier molecular flexibility index (Phi) is 4.50. The summed E-state index contributed by atoms with van der Waals surface area (Å²) in [5, 5.41) is 4.02. The Morgan fingerprint density at radius 3 is 2.39 bits per heavy atom. The number of aromatic nitrogens is 2. The topological polar surface area (TPSA) is 74.2 Å². The summed E-state index contributed by atoms with van der Waals surface area (Å²) in [6, 6.07) is 0. The van der Waals surface area contributed by atoms with E-state index in [4.69, 9.17) is 15.0 Å². The third-order valence-corrected chi connectivity index (χ3v) is 3.71. The minimum Gasteiger partial charge on any atom is -0.373 e. The van der Waals surface area contributed by atoms with Crippen LogP contribution in [0, 0.1) is 0 Å². The first-order valence-electron chi connectivity index (χ1n) is 6.39. The van der Waals surface area contributed by atoms with Crippen LogP contribution in [0.15, 0.2) is 4.52 Å². The van der Waals surface area contributed by atoms with Crippen LogP contribution in [0.3, 0.4) is 0 Å². The van der Waals surface area contributed by atoms with Gasteiger partial charge < -0.3 is 15.0 Å². The quantitative estimate of drug-likeness (QED) is 0.845. The van der Waals surface area contributed by atoms with Gasteiger partial charge in [0, 0.05) is 12.6 Å². The molecule has 0 radical (unpaired) electrons. The summed E-state index contributed by atoms with van der Waals surface area (Å²) >= 11 is 0. The Balaban J connectivity index is 2.99. The minimum atomic E-state index is -0.440. The number of nitrogens with two attached hydrogens (primary N) is 1. The molecule has 0 aliphatic heterocycles. The Morgan fingerprint density at radius 2 is 1.94 bits per heavy atom. The fourth-order valence-corrected chi connectivity index (χ4v) is 1.51. The Bertz CT molecular complexity index is 380. The second-order valence-electron chi connectivity index (χ2n) is 5.82. The van der Waals surface area contributed by atoms with Gasteiger partial charge in [0.1, 0.15) is 6.10 Å². The molecule has 1 unspecified atom stereocenters. The molecule has 5 nitrogen and oxygen atoms in total. The van der Waals surface area contributed by atoms with Crippen LogP contribution in [0.2, 0.25) is 0 Å².